The molecule has 0 atom stereocenters. The predicted molar refractivity (Wildman–Crippen MR) is 100 cm³/mol. The normalized spacial score (nSPS) is 11.6. The second-order valence-corrected chi connectivity index (χ2v) is 6.64. The number of benzene rings is 1. The largest absolute Gasteiger partial charge is 0.348 e. The van der Waals surface area contributed by atoms with Gasteiger partial charge < -0.3 is 9.88 Å². The number of H-pyrrole nitrogens is 1. The van der Waals surface area contributed by atoms with Crippen molar-refractivity contribution in [3.05, 3.63) is 39.9 Å². The second-order valence-electron chi connectivity index (χ2n) is 6.26. The molecule has 4 rings (SSSR count). The number of nitrogens with zero attached hydrogens (tertiary/aromatic N) is 5. The van der Waals surface area contributed by atoms with Gasteiger partial charge in [-0.3, -0.25) is 14.0 Å². The molecule has 0 aliphatic carbocycles. The Hall–Kier alpha value is -2.80. The first kappa shape index (κ1) is 15.7. The van der Waals surface area contributed by atoms with Gasteiger partial charge in [0.2, 0.25) is 5.95 Å². The average molecular weight is 357 g/mol. The van der Waals surface area contributed by atoms with Crippen molar-refractivity contribution in [1.29, 1.82) is 0 Å². The molecule has 0 aliphatic heterocycles. The lowest BCUT2D eigenvalue weighted by Gasteiger charge is -2.15. The van der Waals surface area contributed by atoms with Crippen molar-refractivity contribution in [2.45, 2.75) is 0 Å². The maximum Gasteiger partial charge on any atom is 0.264 e. The summed E-state index contributed by atoms with van der Waals surface area (Å²) < 4.78 is 3.26. The fourth-order valence-electron chi connectivity index (χ4n) is 3.15. The van der Waals surface area contributed by atoms with E-state index in [4.69, 9.17) is 11.6 Å². The Balaban J connectivity index is 2.04. The van der Waals surface area contributed by atoms with Crippen LogP contribution in [0, 0.1) is 0 Å². The molecule has 0 aliphatic rings. The summed E-state index contributed by atoms with van der Waals surface area (Å²) in [6, 6.07) is 3.79. The van der Waals surface area contributed by atoms with Crippen molar-refractivity contribution in [3.63, 3.8) is 0 Å². The Bertz CT molecular complexity index is 1180. The van der Waals surface area contributed by atoms with Gasteiger partial charge >= 0.3 is 0 Å². The van der Waals surface area contributed by atoms with E-state index in [1.807, 2.05) is 39.5 Å². The van der Waals surface area contributed by atoms with E-state index in [-0.39, 0.29) is 5.56 Å². The van der Waals surface area contributed by atoms with Crippen molar-refractivity contribution in [1.82, 2.24) is 24.3 Å². The molecule has 0 spiro atoms. The minimum Gasteiger partial charge on any atom is -0.348 e. The SMILES string of the molecule is CN(C)c1nc2[nH]cc(-c3ccc4nn(C)cc4c3Cl)c2c(=O)n1C. The lowest BCUT2D eigenvalue weighted by atomic mass is 10.0. The molecular weight excluding hydrogens is 340 g/mol. The highest BCUT2D eigenvalue weighted by molar-refractivity contribution is 6.38. The minimum atomic E-state index is -0.118. The third-order valence-electron chi connectivity index (χ3n) is 4.32. The molecule has 0 saturated carbocycles. The molecule has 128 valence electrons. The molecule has 25 heavy (non-hydrogen) atoms. The fraction of sp³-hybridized carbons (Fsp3) is 0.235. The van der Waals surface area contributed by atoms with Gasteiger partial charge in [-0.15, -0.1) is 0 Å². The molecule has 0 unspecified atom stereocenters. The van der Waals surface area contributed by atoms with Crippen LogP contribution in [0.3, 0.4) is 0 Å². The molecule has 3 heterocycles. The number of fused-ring (bicyclic) bond motifs is 2. The maximum atomic E-state index is 12.9. The van der Waals surface area contributed by atoms with E-state index in [9.17, 15) is 4.79 Å². The molecule has 1 aromatic carbocycles. The van der Waals surface area contributed by atoms with Crippen LogP contribution >= 0.6 is 11.6 Å². The first-order valence-corrected chi connectivity index (χ1v) is 8.14. The molecule has 4 aromatic rings. The van der Waals surface area contributed by atoms with Crippen molar-refractivity contribution < 1.29 is 0 Å². The maximum absolute atomic E-state index is 12.9. The van der Waals surface area contributed by atoms with Gasteiger partial charge in [-0.05, 0) is 6.07 Å². The molecule has 3 aromatic heterocycles. The van der Waals surface area contributed by atoms with Crippen LogP contribution in [-0.4, -0.2) is 38.4 Å². The lowest BCUT2D eigenvalue weighted by molar-refractivity contribution is 0.780. The van der Waals surface area contributed by atoms with Crippen LogP contribution in [0.1, 0.15) is 0 Å². The van der Waals surface area contributed by atoms with Crippen LogP contribution in [0.15, 0.2) is 29.3 Å². The molecule has 7 nitrogen and oxygen atoms in total. The van der Waals surface area contributed by atoms with E-state index < -0.39 is 0 Å². The Morgan fingerprint density at radius 2 is 1.96 bits per heavy atom. The van der Waals surface area contributed by atoms with E-state index in [0.717, 1.165) is 22.0 Å². The summed E-state index contributed by atoms with van der Waals surface area (Å²) in [7, 11) is 7.27. The third-order valence-corrected chi connectivity index (χ3v) is 4.73. The Labute approximate surface area is 148 Å². The number of anilines is 1. The van der Waals surface area contributed by atoms with Crippen molar-refractivity contribution in [2.75, 3.05) is 19.0 Å². The highest BCUT2D eigenvalue weighted by Crippen LogP contribution is 2.36. The summed E-state index contributed by atoms with van der Waals surface area (Å²) in [5.74, 6) is 0.583. The van der Waals surface area contributed by atoms with Crippen LogP contribution in [-0.2, 0) is 14.1 Å². The van der Waals surface area contributed by atoms with E-state index in [0.29, 0.717) is 22.0 Å². The van der Waals surface area contributed by atoms with Gasteiger partial charge in [0.25, 0.3) is 5.56 Å². The van der Waals surface area contributed by atoms with Gasteiger partial charge in [0, 0.05) is 57.1 Å². The van der Waals surface area contributed by atoms with E-state index >= 15 is 0 Å². The zero-order valence-corrected chi connectivity index (χ0v) is 15.1. The molecule has 0 radical (unpaired) electrons. The van der Waals surface area contributed by atoms with Gasteiger partial charge in [0.1, 0.15) is 5.65 Å². The van der Waals surface area contributed by atoms with Crippen LogP contribution in [0.2, 0.25) is 5.02 Å². The van der Waals surface area contributed by atoms with Crippen LogP contribution in [0.4, 0.5) is 5.95 Å². The van der Waals surface area contributed by atoms with Crippen LogP contribution < -0.4 is 10.5 Å². The molecule has 0 bridgehead atoms. The Kier molecular flexibility index (Phi) is 3.36. The first-order chi connectivity index (χ1) is 11.9. The fourth-order valence-corrected chi connectivity index (χ4v) is 3.46. The zero-order chi connectivity index (χ0) is 17.9. The average Bonchev–Trinajstić information content (AvgIpc) is 3.14. The lowest BCUT2D eigenvalue weighted by Crippen LogP contribution is -2.26. The topological polar surface area (TPSA) is 71.7 Å². The van der Waals surface area contributed by atoms with E-state index in [1.54, 1.807) is 22.8 Å². The summed E-state index contributed by atoms with van der Waals surface area (Å²) in [5, 5.41) is 6.32. The number of aryl methyl sites for hydroxylation is 1. The summed E-state index contributed by atoms with van der Waals surface area (Å²) >= 11 is 6.62. The molecule has 0 amide bonds. The summed E-state index contributed by atoms with van der Waals surface area (Å²) in [4.78, 5) is 22.4. The number of aromatic amines is 1. The number of aromatic nitrogens is 5. The molecule has 0 saturated heterocycles. The number of hydrogen-bond acceptors (Lipinski definition) is 4. The monoisotopic (exact) mass is 356 g/mol. The third kappa shape index (κ3) is 2.23. The minimum absolute atomic E-state index is 0.118. The summed E-state index contributed by atoms with van der Waals surface area (Å²) in [6.07, 6.45) is 3.65. The van der Waals surface area contributed by atoms with Gasteiger partial charge in [-0.1, -0.05) is 17.7 Å². The summed E-state index contributed by atoms with van der Waals surface area (Å²) in [5.41, 5.74) is 2.77. The number of halogens is 1. The Morgan fingerprint density at radius 3 is 2.68 bits per heavy atom. The van der Waals surface area contributed by atoms with Gasteiger partial charge in [-0.25, -0.2) is 0 Å². The van der Waals surface area contributed by atoms with E-state index in [2.05, 4.69) is 15.1 Å². The highest BCUT2D eigenvalue weighted by Gasteiger charge is 2.19. The van der Waals surface area contributed by atoms with Crippen molar-refractivity contribution >= 4 is 39.5 Å². The number of rotatable bonds is 2. The van der Waals surface area contributed by atoms with Gasteiger partial charge in [-0.2, -0.15) is 10.1 Å². The molecule has 8 heteroatoms. The van der Waals surface area contributed by atoms with Crippen molar-refractivity contribution in [3.8, 4) is 11.1 Å². The molecule has 1 N–H and O–H groups in total. The second kappa shape index (κ2) is 5.35. The smallest absolute Gasteiger partial charge is 0.264 e. The summed E-state index contributed by atoms with van der Waals surface area (Å²) in [6.45, 7) is 0. The number of nitrogens with one attached hydrogen (secondary N) is 1. The zero-order valence-electron chi connectivity index (χ0n) is 14.3. The van der Waals surface area contributed by atoms with Crippen LogP contribution in [0.5, 0.6) is 0 Å². The first-order valence-electron chi connectivity index (χ1n) is 7.76. The highest BCUT2D eigenvalue weighted by atomic mass is 35.5. The van der Waals surface area contributed by atoms with E-state index in [1.165, 1.54) is 4.57 Å². The van der Waals surface area contributed by atoms with Gasteiger partial charge in [0.15, 0.2) is 0 Å². The quantitative estimate of drug-likeness (QED) is 0.599. The van der Waals surface area contributed by atoms with Crippen molar-refractivity contribution in [2.24, 2.45) is 14.1 Å². The van der Waals surface area contributed by atoms with Crippen LogP contribution in [0.25, 0.3) is 33.1 Å². The Morgan fingerprint density at radius 1 is 1.20 bits per heavy atom. The molecule has 0 fully saturated rings. The standard InChI is InChI=1S/C17H17ClN6O/c1-22(2)17-20-15-13(16(25)24(17)4)10(7-19-15)9-5-6-12-11(14(9)18)8-23(3)21-12/h5-8,19H,1-4H3. The predicted octanol–water partition coefficient (Wildman–Crippen LogP) is 2.53. The molecular formula is C17H17ClN6O. The number of hydrogen-bond donors (Lipinski definition) is 1. The van der Waals surface area contributed by atoms with Gasteiger partial charge in [0.05, 0.1) is 15.9 Å².